The zero-order chi connectivity index (χ0) is 58.6. The molecule has 78 heavy (non-hydrogen) atoms. The van der Waals surface area contributed by atoms with E-state index in [1.807, 2.05) is 23.1 Å². The number of oxime groups is 1. The first kappa shape index (κ1) is 62.2. The molecule has 2 aromatic heterocycles. The highest BCUT2D eigenvalue weighted by Gasteiger charge is 2.58. The number of ether oxygens (including phenoxy) is 5. The molecule has 4 heterocycles. The zero-order valence-electron chi connectivity index (χ0n) is 46.7. The fourth-order valence-electron chi connectivity index (χ4n) is 7.70. The first-order chi connectivity index (χ1) is 35.7. The molecule has 26 nitrogen and oxygen atoms in total. The molecule has 1 saturated heterocycles. The summed E-state index contributed by atoms with van der Waals surface area (Å²) in [5.74, 6) is -2.73. The van der Waals surface area contributed by atoms with Crippen LogP contribution in [0.25, 0.3) is 11.1 Å². The highest BCUT2D eigenvalue weighted by atomic mass is 32.3. The number of alkyl carbamates (subject to hydrolysis) is 2. The number of carbonyl (C=O) groups is 6. The molecule has 5 amide bonds. The molecule has 0 bridgehead atoms. The highest BCUT2D eigenvalue weighted by Crippen LogP contribution is 2.38. The van der Waals surface area contributed by atoms with Crippen molar-refractivity contribution in [2.24, 2.45) is 5.16 Å². The summed E-state index contributed by atoms with van der Waals surface area (Å²) in [6.45, 7) is 25.1. The second kappa shape index (κ2) is 23.8. The topological polar surface area (TPSA) is 330 Å². The Morgan fingerprint density at radius 1 is 0.910 bits per heavy atom. The van der Waals surface area contributed by atoms with Gasteiger partial charge in [-0.15, -0.1) is 16.0 Å². The number of benzene rings is 1. The van der Waals surface area contributed by atoms with Gasteiger partial charge in [0.25, 0.3) is 17.4 Å². The Bertz CT molecular complexity index is 2860. The van der Waals surface area contributed by atoms with E-state index in [1.165, 1.54) is 26.2 Å². The molecule has 2 unspecified atom stereocenters. The van der Waals surface area contributed by atoms with E-state index in [-0.39, 0.29) is 30.3 Å². The SMILES string of the molecule is CC(C)(C)OC(=O)NCCC[n+]1cc(-c2ccc3c(c2)CC[C@H](C(C)(O/N=C(\C(=O)N[C@@H]2C(=O)N(OS(=O)(=O)[O-])C2(C)C)c2csc(NC(=O)OC(C)(C)C)n2)C(=O)OC(C)(C)C)O3)cn1CC(O)CNC(=O)OC(C)(C)C. The quantitative estimate of drug-likeness (QED) is 0.0124. The molecule has 3 aromatic rings. The standard InChI is InChI=1S/C50H73N9O17S2/c1-45(2,3)71-40(63)50(15,75-56-36(33-28-77-41(53-33)55-44(66)74-48(10,11)12)38(61)54-37-39(62)59(49(37,13)14)76-78(67,68)69)35-20-18-30-23-29(17-19-34(30)70-35)31-25-57(22-16-21-51-42(64)72-46(4,5)6)58(26-31)27-32(60)24-52-43(65)73-47(7,8)9/h17,19,23,25-26,28,32,35,37,60H,16,18,20-22,24,27H2,1-15H3,(H4-,51,52,53,54,55,61,64,65,66,67,68,69)/b56-36-/t32?,35-,37-,50?/m1/s1. The molecule has 0 radical (unpaired) electrons. The number of hydrogen-bond donors (Lipinski definition) is 5. The van der Waals surface area contributed by atoms with E-state index in [4.69, 9.17) is 28.5 Å². The van der Waals surface area contributed by atoms with Crippen LogP contribution in [0.15, 0.2) is 41.1 Å². The Balaban J connectivity index is 1.45. The number of aliphatic hydroxyl groups excluding tert-OH is 1. The van der Waals surface area contributed by atoms with Crippen molar-refractivity contribution >= 4 is 68.6 Å². The number of nitrogens with zero attached hydrogens (tertiary/aromatic N) is 5. The third-order valence-electron chi connectivity index (χ3n) is 11.2. The van der Waals surface area contributed by atoms with Crippen LogP contribution in [0, 0.1) is 0 Å². The number of hydrogen-bond acceptors (Lipinski definition) is 20. The van der Waals surface area contributed by atoms with Gasteiger partial charge in [-0.2, -0.15) is 14.0 Å². The van der Waals surface area contributed by atoms with Crippen molar-refractivity contribution in [1.82, 2.24) is 30.7 Å². The van der Waals surface area contributed by atoms with Crippen molar-refractivity contribution in [3.05, 3.63) is 47.2 Å². The molecule has 0 saturated carbocycles. The lowest BCUT2D eigenvalue weighted by molar-refractivity contribution is -0.776. The zero-order valence-corrected chi connectivity index (χ0v) is 48.3. The Labute approximate surface area is 457 Å². The van der Waals surface area contributed by atoms with Crippen molar-refractivity contribution in [1.29, 1.82) is 0 Å². The van der Waals surface area contributed by atoms with Crippen LogP contribution in [0.5, 0.6) is 5.75 Å². The van der Waals surface area contributed by atoms with Crippen LogP contribution in [0.2, 0.25) is 0 Å². The summed E-state index contributed by atoms with van der Waals surface area (Å²) >= 11 is 0.876. The number of esters is 1. The van der Waals surface area contributed by atoms with Gasteiger partial charge in [0.2, 0.25) is 16.6 Å². The second-order valence-corrected chi connectivity index (χ2v) is 25.1. The van der Waals surface area contributed by atoms with Crippen molar-refractivity contribution < 1.29 is 84.3 Å². The number of thiazole rings is 1. The molecule has 5 rings (SSSR count). The van der Waals surface area contributed by atoms with E-state index in [9.17, 15) is 46.8 Å². The molecule has 2 aliphatic heterocycles. The van der Waals surface area contributed by atoms with Crippen molar-refractivity contribution in [3.8, 4) is 16.9 Å². The van der Waals surface area contributed by atoms with E-state index >= 15 is 0 Å². The normalized spacial score (nSPS) is 17.9. The first-order valence-corrected chi connectivity index (χ1v) is 27.2. The summed E-state index contributed by atoms with van der Waals surface area (Å²) in [5.41, 5.74) is -5.53. The number of aromatic nitrogens is 3. The van der Waals surface area contributed by atoms with Crippen LogP contribution >= 0.6 is 11.3 Å². The Hall–Kier alpha value is -6.62. The largest absolute Gasteiger partial charge is 0.724 e. The van der Waals surface area contributed by atoms with Crippen LogP contribution in [0.1, 0.15) is 128 Å². The van der Waals surface area contributed by atoms with Gasteiger partial charge in [0.05, 0.1) is 23.4 Å². The van der Waals surface area contributed by atoms with E-state index < -0.39 is 104 Å². The summed E-state index contributed by atoms with van der Waals surface area (Å²) in [7, 11) is -5.38. The Kier molecular flexibility index (Phi) is 19.0. The minimum atomic E-state index is -5.38. The first-order valence-electron chi connectivity index (χ1n) is 25.0. The molecule has 5 N–H and O–H groups in total. The minimum absolute atomic E-state index is 0.0364. The maximum absolute atomic E-state index is 14.3. The smallest absolute Gasteiger partial charge is 0.413 e. The molecule has 0 spiro atoms. The molecule has 2 aliphatic rings. The number of β-lactam (4-membered cyclic amide) rings is 1. The van der Waals surface area contributed by atoms with Gasteiger partial charge in [-0.25, -0.2) is 32.6 Å². The summed E-state index contributed by atoms with van der Waals surface area (Å²) < 4.78 is 70.6. The molecule has 0 aliphatic carbocycles. The summed E-state index contributed by atoms with van der Waals surface area (Å²) in [6, 6.07) is 3.97. The number of rotatable bonds is 19. The Morgan fingerprint density at radius 3 is 2.10 bits per heavy atom. The van der Waals surface area contributed by atoms with Gasteiger partial charge in [-0.05, 0) is 140 Å². The van der Waals surface area contributed by atoms with Crippen LogP contribution in [0.4, 0.5) is 19.5 Å². The number of aryl methyl sites for hydroxylation is 2. The van der Waals surface area contributed by atoms with Crippen molar-refractivity contribution in [3.63, 3.8) is 0 Å². The number of nitrogens with one attached hydrogen (secondary N) is 4. The predicted molar refractivity (Wildman–Crippen MR) is 279 cm³/mol. The fourth-order valence-corrected chi connectivity index (χ4v) is 8.83. The van der Waals surface area contributed by atoms with E-state index in [0.717, 1.165) is 28.0 Å². The molecule has 432 valence electrons. The average molecular weight is 1140 g/mol. The van der Waals surface area contributed by atoms with E-state index in [2.05, 4.69) is 35.7 Å². The molecule has 1 aromatic carbocycles. The fraction of sp³-hybridized carbons (Fsp3) is 0.620. The lowest BCUT2D eigenvalue weighted by atomic mass is 9.84. The number of aliphatic hydroxyl groups is 1. The highest BCUT2D eigenvalue weighted by molar-refractivity contribution is 7.80. The lowest BCUT2D eigenvalue weighted by Gasteiger charge is -2.51. The second-order valence-electron chi connectivity index (χ2n) is 23.3. The van der Waals surface area contributed by atoms with Gasteiger partial charge in [-0.3, -0.25) is 14.9 Å². The van der Waals surface area contributed by atoms with Gasteiger partial charge in [0, 0.05) is 24.9 Å². The maximum Gasteiger partial charge on any atom is 0.413 e. The van der Waals surface area contributed by atoms with E-state index in [1.54, 1.807) is 99.9 Å². The van der Waals surface area contributed by atoms with Gasteiger partial charge in [0.15, 0.2) is 23.5 Å². The lowest BCUT2D eigenvalue weighted by Crippen LogP contribution is -2.76. The van der Waals surface area contributed by atoms with Gasteiger partial charge in [-0.1, -0.05) is 11.2 Å². The molecule has 4 atom stereocenters. The Morgan fingerprint density at radius 2 is 1.51 bits per heavy atom. The maximum atomic E-state index is 14.3. The van der Waals surface area contributed by atoms with Crippen LogP contribution in [-0.4, -0.2) is 139 Å². The number of fused-ring (bicyclic) bond motifs is 1. The van der Waals surface area contributed by atoms with Gasteiger partial charge < -0.3 is 54.1 Å². The summed E-state index contributed by atoms with van der Waals surface area (Å²) in [4.78, 5) is 89.4. The molecule has 1 fully saturated rings. The molecular weight excluding hydrogens is 1060 g/mol. The van der Waals surface area contributed by atoms with Gasteiger partial charge >= 0.3 is 24.2 Å². The van der Waals surface area contributed by atoms with Gasteiger partial charge in [0.1, 0.15) is 46.4 Å². The third kappa shape index (κ3) is 17.7. The number of carbonyl (C=O) groups excluding carboxylic acids is 6. The van der Waals surface area contributed by atoms with Crippen molar-refractivity contribution in [2.45, 2.75) is 188 Å². The minimum Gasteiger partial charge on any atom is -0.724 e. The molecule has 28 heteroatoms. The summed E-state index contributed by atoms with van der Waals surface area (Å²) in [6.07, 6.45) is 0.482. The number of amides is 5. The number of hydroxylamine groups is 2. The average Bonchev–Trinajstić information content (AvgIpc) is 3.91. The number of anilines is 1. The predicted octanol–water partition coefficient (Wildman–Crippen LogP) is 4.76. The monoisotopic (exact) mass is 1140 g/mol. The third-order valence-corrected chi connectivity index (χ3v) is 12.3. The molecular formula is C50H73N9O17S2. The van der Waals surface area contributed by atoms with Crippen molar-refractivity contribution in [2.75, 3.05) is 18.4 Å². The van der Waals surface area contributed by atoms with Crippen LogP contribution < -0.4 is 30.7 Å². The summed E-state index contributed by atoms with van der Waals surface area (Å²) in [5, 5.41) is 27.1. The van der Waals surface area contributed by atoms with Crippen LogP contribution in [0.3, 0.4) is 0 Å². The van der Waals surface area contributed by atoms with Crippen LogP contribution in [-0.2, 0) is 72.4 Å². The van der Waals surface area contributed by atoms with E-state index in [0.29, 0.717) is 36.7 Å².